The molecule has 0 bridgehead atoms. The largest absolute Gasteiger partial charge is 0.444 e. The normalized spacial score (nSPS) is 27.2. The average Bonchev–Trinajstić information content (AvgIpc) is 1.99. The van der Waals surface area contributed by atoms with Crippen LogP contribution in [-0.4, -0.2) is 37.0 Å². The maximum atomic E-state index is 13.0. The molecule has 1 unspecified atom stereocenters. The molecule has 1 fully saturated rings. The van der Waals surface area contributed by atoms with Gasteiger partial charge in [0, 0.05) is 25.6 Å². The van der Waals surface area contributed by atoms with Crippen molar-refractivity contribution in [3.05, 3.63) is 0 Å². The van der Waals surface area contributed by atoms with Crippen molar-refractivity contribution in [2.45, 2.75) is 45.0 Å². The van der Waals surface area contributed by atoms with Crippen LogP contribution in [0.2, 0.25) is 0 Å². The number of amides is 1. The van der Waals surface area contributed by atoms with Crippen molar-refractivity contribution in [3.63, 3.8) is 0 Å². The van der Waals surface area contributed by atoms with Crippen molar-refractivity contribution in [1.29, 1.82) is 0 Å². The first-order valence-electron chi connectivity index (χ1n) is 5.21. The fourth-order valence-electron chi connectivity index (χ4n) is 1.47. The van der Waals surface area contributed by atoms with Gasteiger partial charge in [0.05, 0.1) is 0 Å². The van der Waals surface area contributed by atoms with Crippen LogP contribution < -0.4 is 10.6 Å². The molecule has 0 aromatic carbocycles. The van der Waals surface area contributed by atoms with Crippen LogP contribution in [0.5, 0.6) is 0 Å². The molecule has 1 aliphatic heterocycles. The zero-order chi connectivity index (χ0) is 11.5. The van der Waals surface area contributed by atoms with Gasteiger partial charge in [-0.15, -0.1) is 0 Å². The van der Waals surface area contributed by atoms with E-state index in [0.717, 1.165) is 0 Å². The van der Waals surface area contributed by atoms with E-state index in [1.807, 2.05) is 0 Å². The molecule has 1 aliphatic rings. The summed E-state index contributed by atoms with van der Waals surface area (Å²) in [7, 11) is 0. The lowest BCUT2D eigenvalue weighted by Crippen LogP contribution is -2.50. The molecule has 0 radical (unpaired) electrons. The van der Waals surface area contributed by atoms with Crippen molar-refractivity contribution in [1.82, 2.24) is 10.6 Å². The number of alkyl halides is 1. The third-order valence-corrected chi connectivity index (χ3v) is 2.02. The Hall–Kier alpha value is -0.840. The number of hydrogen-bond acceptors (Lipinski definition) is 3. The maximum Gasteiger partial charge on any atom is 0.407 e. The van der Waals surface area contributed by atoms with E-state index < -0.39 is 17.9 Å². The van der Waals surface area contributed by atoms with Gasteiger partial charge in [0.25, 0.3) is 0 Å². The van der Waals surface area contributed by atoms with E-state index in [0.29, 0.717) is 19.5 Å². The first-order valence-corrected chi connectivity index (χ1v) is 5.21. The predicted octanol–water partition coefficient (Wildman–Crippen LogP) is 1.21. The molecule has 15 heavy (non-hydrogen) atoms. The first-order chi connectivity index (χ1) is 6.87. The van der Waals surface area contributed by atoms with Gasteiger partial charge in [-0.05, 0) is 20.8 Å². The van der Waals surface area contributed by atoms with Crippen LogP contribution in [0.1, 0.15) is 27.2 Å². The van der Waals surface area contributed by atoms with Gasteiger partial charge in [0.2, 0.25) is 0 Å². The summed E-state index contributed by atoms with van der Waals surface area (Å²) in [4.78, 5) is 11.4. The number of carbonyl (C=O) groups is 1. The van der Waals surface area contributed by atoms with Crippen LogP contribution in [0, 0.1) is 0 Å². The number of piperidine rings is 1. The maximum absolute atomic E-state index is 13.0. The van der Waals surface area contributed by atoms with Gasteiger partial charge in [-0.2, -0.15) is 0 Å². The highest BCUT2D eigenvalue weighted by Gasteiger charge is 2.24. The van der Waals surface area contributed by atoms with Crippen LogP contribution >= 0.6 is 0 Å². The number of alkyl carbamates (subject to hydrolysis) is 1. The van der Waals surface area contributed by atoms with E-state index >= 15 is 0 Å². The molecule has 1 rings (SSSR count). The summed E-state index contributed by atoms with van der Waals surface area (Å²) >= 11 is 0. The van der Waals surface area contributed by atoms with Crippen molar-refractivity contribution in [2.24, 2.45) is 0 Å². The summed E-state index contributed by atoms with van der Waals surface area (Å²) in [5, 5.41) is 5.55. The third kappa shape index (κ3) is 4.97. The summed E-state index contributed by atoms with van der Waals surface area (Å²) in [5.41, 5.74) is -0.513. The average molecular weight is 218 g/mol. The molecule has 4 nitrogen and oxygen atoms in total. The van der Waals surface area contributed by atoms with Gasteiger partial charge in [-0.3, -0.25) is 0 Å². The molecule has 2 N–H and O–H groups in total. The van der Waals surface area contributed by atoms with Crippen LogP contribution in [0.4, 0.5) is 9.18 Å². The summed E-state index contributed by atoms with van der Waals surface area (Å²) in [6.07, 6.45) is -1.02. The minimum absolute atomic E-state index is 0.177. The van der Waals surface area contributed by atoms with E-state index in [4.69, 9.17) is 4.74 Å². The Balaban J connectivity index is 2.31. The van der Waals surface area contributed by atoms with Gasteiger partial charge >= 0.3 is 6.09 Å². The number of rotatable bonds is 1. The smallest absolute Gasteiger partial charge is 0.407 e. The molecule has 1 amide bonds. The fourth-order valence-corrected chi connectivity index (χ4v) is 1.47. The van der Waals surface area contributed by atoms with Gasteiger partial charge in [0.1, 0.15) is 11.8 Å². The highest BCUT2D eigenvalue weighted by atomic mass is 19.1. The first kappa shape index (κ1) is 12.2. The Labute approximate surface area is 89.6 Å². The van der Waals surface area contributed by atoms with Gasteiger partial charge in [-0.1, -0.05) is 0 Å². The van der Waals surface area contributed by atoms with E-state index in [-0.39, 0.29) is 6.04 Å². The molecule has 0 aromatic heterocycles. The highest BCUT2D eigenvalue weighted by Crippen LogP contribution is 2.09. The van der Waals surface area contributed by atoms with Crippen molar-refractivity contribution >= 4 is 6.09 Å². The van der Waals surface area contributed by atoms with Gasteiger partial charge < -0.3 is 15.4 Å². The van der Waals surface area contributed by atoms with Gasteiger partial charge in [-0.25, -0.2) is 9.18 Å². The lowest BCUT2D eigenvalue weighted by molar-refractivity contribution is 0.0486. The molecule has 0 saturated carbocycles. The Bertz CT molecular complexity index is 228. The number of hydrogen-bond donors (Lipinski definition) is 2. The molecular weight excluding hydrogens is 199 g/mol. The van der Waals surface area contributed by atoms with Crippen LogP contribution in [0.25, 0.3) is 0 Å². The third-order valence-electron chi connectivity index (χ3n) is 2.02. The fraction of sp³-hybridized carbons (Fsp3) is 0.900. The van der Waals surface area contributed by atoms with Crippen LogP contribution in [-0.2, 0) is 4.74 Å². The second kappa shape index (κ2) is 4.79. The Morgan fingerprint density at radius 3 is 2.67 bits per heavy atom. The monoisotopic (exact) mass is 218 g/mol. The quantitative estimate of drug-likeness (QED) is 0.695. The number of carbonyl (C=O) groups excluding carboxylic acids is 1. The lowest BCUT2D eigenvalue weighted by Gasteiger charge is -2.28. The number of halogens is 1. The van der Waals surface area contributed by atoms with Crippen molar-refractivity contribution < 1.29 is 13.9 Å². The minimum Gasteiger partial charge on any atom is -0.444 e. The molecule has 0 aromatic rings. The molecule has 0 spiro atoms. The topological polar surface area (TPSA) is 50.4 Å². The highest BCUT2D eigenvalue weighted by molar-refractivity contribution is 5.68. The standard InChI is InChI=1S/C10H19FN2O2/c1-10(2,3)15-9(14)13-8-4-7(11)5-12-6-8/h7-8,12H,4-6H2,1-3H3,(H,13,14)/t7-,8?/m1/s1. The zero-order valence-corrected chi connectivity index (χ0v) is 9.47. The van der Waals surface area contributed by atoms with E-state index in [9.17, 15) is 9.18 Å². The Morgan fingerprint density at radius 2 is 2.13 bits per heavy atom. The SMILES string of the molecule is CC(C)(C)OC(=O)NC1CNC[C@H](F)C1. The van der Waals surface area contributed by atoms with Crippen molar-refractivity contribution in [3.8, 4) is 0 Å². The molecule has 0 aliphatic carbocycles. The molecule has 2 atom stereocenters. The van der Waals surface area contributed by atoms with Gasteiger partial charge in [0.15, 0.2) is 0 Å². The second-order valence-electron chi connectivity index (χ2n) is 4.83. The Morgan fingerprint density at radius 1 is 1.47 bits per heavy atom. The molecule has 1 saturated heterocycles. The second-order valence-corrected chi connectivity index (χ2v) is 4.83. The number of ether oxygens (including phenoxy) is 1. The minimum atomic E-state index is -0.890. The molecule has 1 heterocycles. The molecular formula is C10H19FN2O2. The molecule has 88 valence electrons. The summed E-state index contributed by atoms with van der Waals surface area (Å²) in [6.45, 7) is 6.35. The Kier molecular flexibility index (Phi) is 3.90. The van der Waals surface area contributed by atoms with Crippen LogP contribution in [0.15, 0.2) is 0 Å². The lowest BCUT2D eigenvalue weighted by atomic mass is 10.1. The zero-order valence-electron chi connectivity index (χ0n) is 9.47. The van der Waals surface area contributed by atoms with E-state index in [1.54, 1.807) is 20.8 Å². The predicted molar refractivity (Wildman–Crippen MR) is 55.5 cm³/mol. The van der Waals surface area contributed by atoms with E-state index in [2.05, 4.69) is 10.6 Å². The summed E-state index contributed by atoms with van der Waals surface area (Å²) < 4.78 is 18.0. The summed E-state index contributed by atoms with van der Waals surface area (Å²) in [6, 6.07) is -0.177. The van der Waals surface area contributed by atoms with Crippen LogP contribution in [0.3, 0.4) is 0 Å². The number of nitrogens with one attached hydrogen (secondary N) is 2. The molecule has 5 heteroatoms. The van der Waals surface area contributed by atoms with Crippen molar-refractivity contribution in [2.75, 3.05) is 13.1 Å². The van der Waals surface area contributed by atoms with E-state index in [1.165, 1.54) is 0 Å². The summed E-state index contributed by atoms with van der Waals surface area (Å²) in [5.74, 6) is 0.